The molecule has 1 aromatic rings. The Bertz CT molecular complexity index is 459. The number of anilines is 1. The minimum Gasteiger partial charge on any atom is -0.324 e. The highest BCUT2D eigenvalue weighted by atomic mass is 16.2. The summed E-state index contributed by atoms with van der Waals surface area (Å²) in [5.74, 6) is 0.0987. The molecule has 2 N–H and O–H groups in total. The van der Waals surface area contributed by atoms with Crippen LogP contribution in [0.25, 0.3) is 0 Å². The first-order chi connectivity index (χ1) is 8.97. The van der Waals surface area contributed by atoms with Crippen molar-refractivity contribution in [2.75, 3.05) is 5.32 Å². The Morgan fingerprint density at radius 3 is 2.42 bits per heavy atom. The Balaban J connectivity index is 2.10. The van der Waals surface area contributed by atoms with Crippen molar-refractivity contribution in [3.63, 3.8) is 0 Å². The average Bonchev–Trinajstić information content (AvgIpc) is 2.33. The quantitative estimate of drug-likeness (QED) is 0.858. The molecule has 1 aliphatic heterocycles. The number of piperidine rings is 1. The summed E-state index contributed by atoms with van der Waals surface area (Å²) in [5.41, 5.74) is 4.47. The molecule has 2 rings (SSSR count). The summed E-state index contributed by atoms with van der Waals surface area (Å²) in [5, 5.41) is 6.47. The highest BCUT2D eigenvalue weighted by Crippen LogP contribution is 2.23. The van der Waals surface area contributed by atoms with Gasteiger partial charge in [0.2, 0.25) is 5.91 Å². The summed E-state index contributed by atoms with van der Waals surface area (Å²) in [4.78, 5) is 12.3. The molecule has 0 aliphatic carbocycles. The van der Waals surface area contributed by atoms with Gasteiger partial charge in [-0.05, 0) is 58.1 Å². The minimum absolute atomic E-state index is 0.0520. The van der Waals surface area contributed by atoms with E-state index in [9.17, 15) is 4.79 Å². The van der Waals surface area contributed by atoms with Gasteiger partial charge in [0.05, 0.1) is 6.04 Å². The zero-order valence-electron chi connectivity index (χ0n) is 12.3. The van der Waals surface area contributed by atoms with E-state index in [0.29, 0.717) is 6.04 Å². The lowest BCUT2D eigenvalue weighted by Gasteiger charge is -2.28. The van der Waals surface area contributed by atoms with E-state index in [0.717, 1.165) is 36.1 Å². The number of carbonyl (C=O) groups excluding carboxylic acids is 1. The summed E-state index contributed by atoms with van der Waals surface area (Å²) < 4.78 is 0. The molecule has 1 amide bonds. The Morgan fingerprint density at radius 2 is 1.84 bits per heavy atom. The third kappa shape index (κ3) is 3.35. The standard InChI is InChI=1S/C16H24N2O/c1-10-8-11(2)15(12(3)9-10)18-16(19)14-7-5-6-13(4)17-14/h8-9,13-14,17H,5-7H2,1-4H3,(H,18,19). The van der Waals surface area contributed by atoms with E-state index in [1.165, 1.54) is 5.56 Å². The van der Waals surface area contributed by atoms with Gasteiger partial charge in [-0.15, -0.1) is 0 Å². The van der Waals surface area contributed by atoms with Crippen LogP contribution in [0.1, 0.15) is 42.9 Å². The van der Waals surface area contributed by atoms with Crippen molar-refractivity contribution in [3.05, 3.63) is 28.8 Å². The predicted molar refractivity (Wildman–Crippen MR) is 79.5 cm³/mol. The third-order valence-electron chi connectivity index (χ3n) is 3.86. The molecule has 0 bridgehead atoms. The fraction of sp³-hybridized carbons (Fsp3) is 0.562. The van der Waals surface area contributed by atoms with Gasteiger partial charge in [-0.2, -0.15) is 0 Å². The molecule has 1 fully saturated rings. The molecule has 0 saturated carbocycles. The number of aryl methyl sites for hydroxylation is 3. The van der Waals surface area contributed by atoms with Crippen LogP contribution in [-0.2, 0) is 4.79 Å². The van der Waals surface area contributed by atoms with E-state index in [1.54, 1.807) is 0 Å². The number of amides is 1. The number of hydrogen-bond donors (Lipinski definition) is 2. The van der Waals surface area contributed by atoms with Crippen molar-refractivity contribution in [2.24, 2.45) is 0 Å². The topological polar surface area (TPSA) is 41.1 Å². The SMILES string of the molecule is Cc1cc(C)c(NC(=O)C2CCCC(C)N2)c(C)c1. The van der Waals surface area contributed by atoms with Crippen LogP contribution in [0, 0.1) is 20.8 Å². The van der Waals surface area contributed by atoms with Gasteiger partial charge in [0.1, 0.15) is 0 Å². The Morgan fingerprint density at radius 1 is 1.21 bits per heavy atom. The third-order valence-corrected chi connectivity index (χ3v) is 3.86. The van der Waals surface area contributed by atoms with Gasteiger partial charge in [-0.3, -0.25) is 4.79 Å². The van der Waals surface area contributed by atoms with Crippen LogP contribution in [-0.4, -0.2) is 18.0 Å². The number of benzene rings is 1. The maximum absolute atomic E-state index is 12.3. The van der Waals surface area contributed by atoms with Gasteiger partial charge in [0.25, 0.3) is 0 Å². The van der Waals surface area contributed by atoms with Gasteiger partial charge in [0, 0.05) is 11.7 Å². The highest BCUT2D eigenvalue weighted by Gasteiger charge is 2.24. The fourth-order valence-corrected chi connectivity index (χ4v) is 2.93. The Kier molecular flexibility index (Phi) is 4.25. The summed E-state index contributed by atoms with van der Waals surface area (Å²) in [6, 6.07) is 4.60. The van der Waals surface area contributed by atoms with Gasteiger partial charge in [-0.1, -0.05) is 17.7 Å². The van der Waals surface area contributed by atoms with Crippen molar-refractivity contribution in [2.45, 2.75) is 59.0 Å². The van der Waals surface area contributed by atoms with E-state index in [2.05, 4.69) is 36.6 Å². The molecule has 1 saturated heterocycles. The zero-order chi connectivity index (χ0) is 14.0. The largest absolute Gasteiger partial charge is 0.324 e. The molecule has 2 atom stereocenters. The van der Waals surface area contributed by atoms with Crippen LogP contribution in [0.15, 0.2) is 12.1 Å². The van der Waals surface area contributed by atoms with E-state index in [1.807, 2.05) is 13.8 Å². The smallest absolute Gasteiger partial charge is 0.241 e. The molecule has 104 valence electrons. The second-order valence-corrected chi connectivity index (χ2v) is 5.81. The van der Waals surface area contributed by atoms with Crippen LogP contribution < -0.4 is 10.6 Å². The first kappa shape index (κ1) is 14.1. The summed E-state index contributed by atoms with van der Waals surface area (Å²) in [7, 11) is 0. The van der Waals surface area contributed by atoms with Gasteiger partial charge in [0.15, 0.2) is 0 Å². The van der Waals surface area contributed by atoms with Crippen molar-refractivity contribution in [3.8, 4) is 0 Å². The lowest BCUT2D eigenvalue weighted by molar-refractivity contribution is -0.118. The van der Waals surface area contributed by atoms with Crippen LogP contribution in [0.3, 0.4) is 0 Å². The van der Waals surface area contributed by atoms with E-state index in [4.69, 9.17) is 0 Å². The zero-order valence-corrected chi connectivity index (χ0v) is 12.3. The summed E-state index contributed by atoms with van der Waals surface area (Å²) in [6.07, 6.45) is 3.21. The molecular formula is C16H24N2O. The number of rotatable bonds is 2. The van der Waals surface area contributed by atoms with Crippen molar-refractivity contribution in [1.82, 2.24) is 5.32 Å². The van der Waals surface area contributed by atoms with Crippen LogP contribution in [0.5, 0.6) is 0 Å². The minimum atomic E-state index is -0.0520. The van der Waals surface area contributed by atoms with Crippen molar-refractivity contribution >= 4 is 11.6 Å². The van der Waals surface area contributed by atoms with Gasteiger partial charge in [-0.25, -0.2) is 0 Å². The molecule has 1 aliphatic rings. The van der Waals surface area contributed by atoms with Gasteiger partial charge >= 0.3 is 0 Å². The molecule has 19 heavy (non-hydrogen) atoms. The molecule has 0 radical (unpaired) electrons. The average molecular weight is 260 g/mol. The Hall–Kier alpha value is -1.35. The fourth-order valence-electron chi connectivity index (χ4n) is 2.93. The van der Waals surface area contributed by atoms with Crippen LogP contribution in [0.2, 0.25) is 0 Å². The molecule has 0 aromatic heterocycles. The predicted octanol–water partition coefficient (Wildman–Crippen LogP) is 3.08. The van der Waals surface area contributed by atoms with E-state index < -0.39 is 0 Å². The molecule has 2 unspecified atom stereocenters. The van der Waals surface area contributed by atoms with Crippen LogP contribution in [0.4, 0.5) is 5.69 Å². The molecule has 0 spiro atoms. The van der Waals surface area contributed by atoms with Crippen molar-refractivity contribution < 1.29 is 4.79 Å². The van der Waals surface area contributed by atoms with E-state index in [-0.39, 0.29) is 11.9 Å². The second-order valence-electron chi connectivity index (χ2n) is 5.81. The number of nitrogens with one attached hydrogen (secondary N) is 2. The van der Waals surface area contributed by atoms with Crippen LogP contribution >= 0.6 is 0 Å². The molecule has 3 heteroatoms. The second kappa shape index (κ2) is 5.74. The van der Waals surface area contributed by atoms with E-state index >= 15 is 0 Å². The first-order valence-electron chi connectivity index (χ1n) is 7.12. The van der Waals surface area contributed by atoms with Crippen molar-refractivity contribution in [1.29, 1.82) is 0 Å². The maximum atomic E-state index is 12.3. The number of hydrogen-bond acceptors (Lipinski definition) is 2. The highest BCUT2D eigenvalue weighted by molar-refractivity contribution is 5.96. The summed E-state index contributed by atoms with van der Waals surface area (Å²) >= 11 is 0. The lowest BCUT2D eigenvalue weighted by Crippen LogP contribution is -2.47. The monoisotopic (exact) mass is 260 g/mol. The molecule has 1 heterocycles. The number of carbonyl (C=O) groups is 1. The van der Waals surface area contributed by atoms with Gasteiger partial charge < -0.3 is 10.6 Å². The molecule has 3 nitrogen and oxygen atoms in total. The first-order valence-corrected chi connectivity index (χ1v) is 7.12. The maximum Gasteiger partial charge on any atom is 0.241 e. The Labute approximate surface area is 115 Å². The lowest BCUT2D eigenvalue weighted by atomic mass is 9.98. The molecule has 1 aromatic carbocycles. The normalized spacial score (nSPS) is 23.2. The molecular weight excluding hydrogens is 236 g/mol. The summed E-state index contributed by atoms with van der Waals surface area (Å²) in [6.45, 7) is 8.32.